The molecule has 2 N–H and O–H groups in total. The van der Waals surface area contributed by atoms with Crippen molar-refractivity contribution in [2.45, 2.75) is 18.9 Å². The molecule has 0 aliphatic heterocycles. The molecule has 0 aliphatic rings. The van der Waals surface area contributed by atoms with Gasteiger partial charge in [0, 0.05) is 11.1 Å². The largest absolute Gasteiger partial charge is 0.324 e. The minimum atomic E-state index is -0.338. The van der Waals surface area contributed by atoms with E-state index in [9.17, 15) is 4.39 Å². The van der Waals surface area contributed by atoms with E-state index in [2.05, 4.69) is 6.58 Å². The summed E-state index contributed by atoms with van der Waals surface area (Å²) in [5, 5.41) is 0.390. The molecule has 0 saturated carbocycles. The molecule has 0 bridgehead atoms. The van der Waals surface area contributed by atoms with E-state index in [1.807, 2.05) is 0 Å². The average Bonchev–Trinajstić information content (AvgIpc) is 2.14. The third kappa shape index (κ3) is 4.20. The zero-order chi connectivity index (χ0) is 10.6. The molecule has 0 amide bonds. The highest BCUT2D eigenvalue weighted by molar-refractivity contribution is 6.31. The first-order valence-electron chi connectivity index (χ1n) is 4.46. The first-order chi connectivity index (χ1) is 6.65. The van der Waals surface area contributed by atoms with E-state index in [4.69, 9.17) is 17.3 Å². The molecule has 0 aromatic heterocycles. The van der Waals surface area contributed by atoms with Gasteiger partial charge < -0.3 is 5.73 Å². The molecule has 0 heterocycles. The second kappa shape index (κ2) is 6.83. The number of hydrogen-bond acceptors (Lipinski definition) is 1. The number of rotatable bonds is 4. The van der Waals surface area contributed by atoms with Crippen LogP contribution >= 0.6 is 24.0 Å². The Bertz CT molecular complexity index is 328. The Kier molecular flexibility index (Phi) is 6.57. The molecule has 1 aromatic rings. The fourth-order valence-corrected chi connectivity index (χ4v) is 1.56. The van der Waals surface area contributed by atoms with Gasteiger partial charge in [-0.25, -0.2) is 4.39 Å². The van der Waals surface area contributed by atoms with Crippen molar-refractivity contribution in [1.82, 2.24) is 0 Å². The maximum atomic E-state index is 12.7. The van der Waals surface area contributed by atoms with Gasteiger partial charge in [0.1, 0.15) is 5.82 Å². The second-order valence-electron chi connectivity index (χ2n) is 3.14. The SMILES string of the molecule is C=CCC[C@H](N)c1ccc(F)cc1Cl.Cl. The molecule has 1 aromatic carbocycles. The van der Waals surface area contributed by atoms with Gasteiger partial charge in [-0.1, -0.05) is 23.7 Å². The van der Waals surface area contributed by atoms with Gasteiger partial charge >= 0.3 is 0 Å². The number of halogens is 3. The lowest BCUT2D eigenvalue weighted by Gasteiger charge is -2.12. The molecule has 0 radical (unpaired) electrons. The van der Waals surface area contributed by atoms with Crippen molar-refractivity contribution in [1.29, 1.82) is 0 Å². The van der Waals surface area contributed by atoms with Crippen LogP contribution in [0, 0.1) is 5.82 Å². The Hall–Kier alpha value is -0.570. The zero-order valence-corrected chi connectivity index (χ0v) is 9.82. The summed E-state index contributed by atoms with van der Waals surface area (Å²) >= 11 is 5.86. The summed E-state index contributed by atoms with van der Waals surface area (Å²) in [6.07, 6.45) is 3.40. The van der Waals surface area contributed by atoms with Gasteiger partial charge in [0.2, 0.25) is 0 Å². The molecule has 1 atom stereocenters. The third-order valence-corrected chi connectivity index (χ3v) is 2.37. The molecule has 0 aliphatic carbocycles. The number of benzene rings is 1. The van der Waals surface area contributed by atoms with Gasteiger partial charge in [0.05, 0.1) is 0 Å². The third-order valence-electron chi connectivity index (χ3n) is 2.04. The van der Waals surface area contributed by atoms with E-state index in [1.165, 1.54) is 12.1 Å². The lowest BCUT2D eigenvalue weighted by molar-refractivity contribution is 0.621. The minimum absolute atomic E-state index is 0. The molecule has 84 valence electrons. The van der Waals surface area contributed by atoms with Gasteiger partial charge in [-0.15, -0.1) is 19.0 Å². The van der Waals surface area contributed by atoms with Crippen LogP contribution in [0.3, 0.4) is 0 Å². The highest BCUT2D eigenvalue weighted by Crippen LogP contribution is 2.25. The van der Waals surface area contributed by atoms with Gasteiger partial charge in [-0.05, 0) is 30.5 Å². The maximum absolute atomic E-state index is 12.7. The molecule has 4 heteroatoms. The van der Waals surface area contributed by atoms with E-state index in [0.717, 1.165) is 18.4 Å². The number of allylic oxidation sites excluding steroid dienone is 1. The summed E-state index contributed by atoms with van der Waals surface area (Å²) in [7, 11) is 0. The summed E-state index contributed by atoms with van der Waals surface area (Å²) < 4.78 is 12.7. The molecular weight excluding hydrogens is 236 g/mol. The van der Waals surface area contributed by atoms with E-state index in [-0.39, 0.29) is 24.3 Å². The highest BCUT2D eigenvalue weighted by atomic mass is 35.5. The standard InChI is InChI=1S/C11H13ClFN.ClH/c1-2-3-4-11(14)9-6-5-8(13)7-10(9)12;/h2,5-7,11H,1,3-4,14H2;1H/t11-;/m0./s1. The maximum Gasteiger partial charge on any atom is 0.124 e. The topological polar surface area (TPSA) is 26.0 Å². The van der Waals surface area contributed by atoms with Gasteiger partial charge in [0.25, 0.3) is 0 Å². The van der Waals surface area contributed by atoms with Gasteiger partial charge in [-0.3, -0.25) is 0 Å². The van der Waals surface area contributed by atoms with Crippen molar-refractivity contribution in [3.05, 3.63) is 47.3 Å². The Labute approximate surface area is 101 Å². The van der Waals surface area contributed by atoms with Crippen molar-refractivity contribution < 1.29 is 4.39 Å². The Morgan fingerprint density at radius 2 is 2.20 bits per heavy atom. The number of hydrogen-bond donors (Lipinski definition) is 1. The quantitative estimate of drug-likeness (QED) is 0.806. The minimum Gasteiger partial charge on any atom is -0.324 e. The summed E-state index contributed by atoms with van der Waals surface area (Å²) in [5.74, 6) is -0.338. The average molecular weight is 250 g/mol. The van der Waals surface area contributed by atoms with E-state index >= 15 is 0 Å². The van der Waals surface area contributed by atoms with Crippen LogP contribution in [0.1, 0.15) is 24.4 Å². The van der Waals surface area contributed by atoms with Crippen LogP contribution in [0.5, 0.6) is 0 Å². The molecule has 1 rings (SSSR count). The van der Waals surface area contributed by atoms with Gasteiger partial charge in [-0.2, -0.15) is 0 Å². The van der Waals surface area contributed by atoms with E-state index in [1.54, 1.807) is 12.1 Å². The van der Waals surface area contributed by atoms with E-state index < -0.39 is 0 Å². The molecule has 0 unspecified atom stereocenters. The van der Waals surface area contributed by atoms with Crippen molar-refractivity contribution in [2.75, 3.05) is 0 Å². The monoisotopic (exact) mass is 249 g/mol. The summed E-state index contributed by atoms with van der Waals surface area (Å²) in [6.45, 7) is 3.61. The van der Waals surface area contributed by atoms with Crippen molar-refractivity contribution in [2.24, 2.45) is 5.73 Å². The van der Waals surface area contributed by atoms with Crippen LogP contribution in [-0.4, -0.2) is 0 Å². The molecule has 1 nitrogen and oxygen atoms in total. The van der Waals surface area contributed by atoms with Crippen molar-refractivity contribution >= 4 is 24.0 Å². The predicted molar refractivity (Wildman–Crippen MR) is 65.0 cm³/mol. The van der Waals surface area contributed by atoms with Crippen LogP contribution in [0.2, 0.25) is 5.02 Å². The summed E-state index contributed by atoms with van der Waals surface area (Å²) in [6, 6.07) is 4.13. The van der Waals surface area contributed by atoms with Crippen LogP contribution < -0.4 is 5.73 Å². The summed E-state index contributed by atoms with van der Waals surface area (Å²) in [5.41, 5.74) is 6.66. The zero-order valence-electron chi connectivity index (χ0n) is 8.25. The predicted octanol–water partition coefficient (Wildman–Crippen LogP) is 3.87. The van der Waals surface area contributed by atoms with Crippen molar-refractivity contribution in [3.63, 3.8) is 0 Å². The number of nitrogens with two attached hydrogens (primary N) is 1. The Balaban J connectivity index is 0.00000196. The first kappa shape index (κ1) is 14.4. The smallest absolute Gasteiger partial charge is 0.124 e. The van der Waals surface area contributed by atoms with Crippen LogP contribution in [0.25, 0.3) is 0 Å². The molecule has 0 saturated heterocycles. The fourth-order valence-electron chi connectivity index (χ4n) is 1.26. The lowest BCUT2D eigenvalue weighted by Crippen LogP contribution is -2.10. The summed E-state index contributed by atoms with van der Waals surface area (Å²) in [4.78, 5) is 0. The van der Waals surface area contributed by atoms with Crippen LogP contribution in [0.4, 0.5) is 4.39 Å². The van der Waals surface area contributed by atoms with Crippen LogP contribution in [-0.2, 0) is 0 Å². The molecular formula is C11H14Cl2FN. The molecule has 15 heavy (non-hydrogen) atoms. The lowest BCUT2D eigenvalue weighted by atomic mass is 10.0. The Morgan fingerprint density at radius 3 is 2.73 bits per heavy atom. The van der Waals surface area contributed by atoms with Crippen molar-refractivity contribution in [3.8, 4) is 0 Å². The molecule has 0 fully saturated rings. The van der Waals surface area contributed by atoms with E-state index in [0.29, 0.717) is 5.02 Å². The Morgan fingerprint density at radius 1 is 1.53 bits per heavy atom. The first-order valence-corrected chi connectivity index (χ1v) is 4.84. The van der Waals surface area contributed by atoms with Crippen LogP contribution in [0.15, 0.2) is 30.9 Å². The normalized spacial score (nSPS) is 11.7. The molecule has 0 spiro atoms. The highest BCUT2D eigenvalue weighted by Gasteiger charge is 2.09. The fraction of sp³-hybridized carbons (Fsp3) is 0.273. The van der Waals surface area contributed by atoms with Gasteiger partial charge in [0.15, 0.2) is 0 Å². The second-order valence-corrected chi connectivity index (χ2v) is 3.55.